The van der Waals surface area contributed by atoms with Crippen LogP contribution >= 0.6 is 23.2 Å². The third-order valence-corrected chi connectivity index (χ3v) is 7.99. The number of sulfonamides is 1. The van der Waals surface area contributed by atoms with Gasteiger partial charge in [-0.2, -0.15) is 12.8 Å². The number of hydrazine groups is 1. The molecule has 11 heteroatoms. The van der Waals surface area contributed by atoms with Crippen LogP contribution in [0.3, 0.4) is 0 Å². The lowest BCUT2D eigenvalue weighted by molar-refractivity contribution is 0.0384. The number of nitrogens with one attached hydrogen (secondary N) is 2. The number of anilines is 2. The summed E-state index contributed by atoms with van der Waals surface area (Å²) in [6, 6.07) is 17.4. The van der Waals surface area contributed by atoms with Crippen molar-refractivity contribution in [2.75, 3.05) is 55.7 Å². The maximum absolute atomic E-state index is 13.9. The summed E-state index contributed by atoms with van der Waals surface area (Å²) in [5, 5.41) is 4.40. The highest BCUT2D eigenvalue weighted by Gasteiger charge is 2.28. The molecule has 3 aromatic rings. The zero-order chi connectivity index (χ0) is 25.4. The largest absolute Gasteiger partial charge is 0.384 e. The number of halogens is 2. The van der Waals surface area contributed by atoms with Gasteiger partial charge in [-0.3, -0.25) is 4.90 Å². The van der Waals surface area contributed by atoms with Gasteiger partial charge in [0.2, 0.25) is 0 Å². The maximum atomic E-state index is 13.9. The van der Waals surface area contributed by atoms with Crippen LogP contribution in [0.1, 0.15) is 5.56 Å². The van der Waals surface area contributed by atoms with Crippen molar-refractivity contribution in [1.29, 1.82) is 0 Å². The van der Waals surface area contributed by atoms with Gasteiger partial charge in [-0.15, -0.1) is 0 Å². The highest BCUT2D eigenvalue weighted by atomic mass is 35.5. The molecule has 2 heterocycles. The van der Waals surface area contributed by atoms with Crippen LogP contribution in [-0.2, 0) is 21.2 Å². The number of aromatic nitrogens is 1. The Kier molecular flexibility index (Phi) is 9.41. The van der Waals surface area contributed by atoms with Gasteiger partial charge in [0, 0.05) is 54.7 Å². The second kappa shape index (κ2) is 12.7. The van der Waals surface area contributed by atoms with E-state index in [0.29, 0.717) is 54.9 Å². The van der Waals surface area contributed by atoms with Gasteiger partial charge in [-0.1, -0.05) is 29.3 Å². The van der Waals surface area contributed by atoms with Crippen molar-refractivity contribution in [3.05, 3.63) is 82.5 Å². The van der Waals surface area contributed by atoms with E-state index in [1.165, 1.54) is 0 Å². The minimum atomic E-state index is -3.99. The lowest BCUT2D eigenvalue weighted by Crippen LogP contribution is -2.45. The van der Waals surface area contributed by atoms with Crippen LogP contribution in [0.5, 0.6) is 0 Å². The van der Waals surface area contributed by atoms with Gasteiger partial charge in [0.05, 0.1) is 18.1 Å². The van der Waals surface area contributed by atoms with E-state index in [2.05, 4.69) is 20.6 Å². The first-order valence-electron chi connectivity index (χ1n) is 11.7. The van der Waals surface area contributed by atoms with E-state index in [9.17, 15) is 8.42 Å². The van der Waals surface area contributed by atoms with Gasteiger partial charge in [-0.05, 0) is 66.6 Å². The second-order valence-corrected chi connectivity index (χ2v) is 10.9. The summed E-state index contributed by atoms with van der Waals surface area (Å²) in [7, 11) is -3.99. The molecule has 36 heavy (non-hydrogen) atoms. The molecule has 0 spiro atoms. The predicted molar refractivity (Wildman–Crippen MR) is 144 cm³/mol. The Balaban J connectivity index is 1.53. The van der Waals surface area contributed by atoms with E-state index in [4.69, 9.17) is 27.9 Å². The average Bonchev–Trinajstić information content (AvgIpc) is 2.89. The lowest BCUT2D eigenvalue weighted by atomic mass is 10.1. The molecule has 2 N–H and O–H groups in total. The Labute approximate surface area is 222 Å². The smallest absolute Gasteiger partial charge is 0.279 e. The van der Waals surface area contributed by atoms with Crippen LogP contribution in [0.2, 0.25) is 10.0 Å². The number of nitrogens with zero attached hydrogens (tertiary/aromatic N) is 3. The number of ether oxygens (including phenoxy) is 1. The Morgan fingerprint density at radius 1 is 0.972 bits per heavy atom. The van der Waals surface area contributed by atoms with Crippen LogP contribution in [0.15, 0.2) is 71.8 Å². The molecule has 192 valence electrons. The van der Waals surface area contributed by atoms with Crippen molar-refractivity contribution < 1.29 is 13.2 Å². The van der Waals surface area contributed by atoms with Crippen molar-refractivity contribution in [1.82, 2.24) is 15.3 Å². The van der Waals surface area contributed by atoms with Gasteiger partial charge in [-0.25, -0.2) is 10.4 Å². The molecule has 4 rings (SSSR count). The van der Waals surface area contributed by atoms with Crippen molar-refractivity contribution in [3.63, 3.8) is 0 Å². The van der Waals surface area contributed by atoms with E-state index in [1.807, 2.05) is 12.1 Å². The summed E-state index contributed by atoms with van der Waals surface area (Å²) in [6.45, 7) is 4.54. The van der Waals surface area contributed by atoms with Gasteiger partial charge in [0.25, 0.3) is 10.0 Å². The first-order valence-corrected chi connectivity index (χ1v) is 13.9. The van der Waals surface area contributed by atoms with Crippen molar-refractivity contribution in [2.24, 2.45) is 0 Å². The molecular formula is C25H29Cl2N5O3S. The average molecular weight is 551 g/mol. The summed E-state index contributed by atoms with van der Waals surface area (Å²) >= 11 is 12.2. The van der Waals surface area contributed by atoms with Crippen LogP contribution < -0.4 is 15.2 Å². The number of hydrogen-bond acceptors (Lipinski definition) is 7. The Morgan fingerprint density at radius 2 is 1.72 bits per heavy atom. The highest BCUT2D eigenvalue weighted by molar-refractivity contribution is 7.92. The van der Waals surface area contributed by atoms with Crippen LogP contribution in [-0.4, -0.2) is 64.2 Å². The molecule has 1 aromatic heterocycles. The molecule has 0 bridgehead atoms. The van der Waals surface area contributed by atoms with Crippen molar-refractivity contribution >= 4 is 44.7 Å². The quantitative estimate of drug-likeness (QED) is 0.275. The van der Waals surface area contributed by atoms with Crippen LogP contribution in [0, 0.1) is 0 Å². The zero-order valence-corrected chi connectivity index (χ0v) is 22.1. The fraction of sp³-hybridized carbons (Fsp3) is 0.320. The maximum Gasteiger partial charge on any atom is 0.279 e. The van der Waals surface area contributed by atoms with E-state index in [0.717, 1.165) is 23.2 Å². The Morgan fingerprint density at radius 3 is 2.44 bits per heavy atom. The van der Waals surface area contributed by atoms with Crippen molar-refractivity contribution in [3.8, 4) is 0 Å². The standard InChI is InChI=1S/C25H29Cl2N5O3S/c26-21-4-7-23(8-5-21)28-12-13-30-32(25-3-1-2-11-29-25)36(33,34)24-9-6-22(27)19-20(24)10-14-31-15-17-35-18-16-31/h1-9,11,19,28,30H,10,12-18H2. The lowest BCUT2D eigenvalue weighted by Gasteiger charge is -2.28. The van der Waals surface area contributed by atoms with E-state index in [-0.39, 0.29) is 10.7 Å². The summed E-state index contributed by atoms with van der Waals surface area (Å²) < 4.78 is 34.4. The Bertz CT molecular complexity index is 1220. The first kappa shape index (κ1) is 26.7. The molecule has 1 fully saturated rings. The fourth-order valence-corrected chi connectivity index (χ4v) is 5.76. The number of morpholine rings is 1. The second-order valence-electron chi connectivity index (χ2n) is 8.26. The van der Waals surface area contributed by atoms with Crippen LogP contribution in [0.4, 0.5) is 11.5 Å². The zero-order valence-electron chi connectivity index (χ0n) is 19.7. The summed E-state index contributed by atoms with van der Waals surface area (Å²) in [5.74, 6) is 0.276. The predicted octanol–water partition coefficient (Wildman–Crippen LogP) is 4.08. The molecule has 1 aliphatic heterocycles. The molecular weight excluding hydrogens is 521 g/mol. The van der Waals surface area contributed by atoms with E-state index >= 15 is 0 Å². The fourth-order valence-electron chi connectivity index (χ4n) is 3.89. The molecule has 0 saturated carbocycles. The molecule has 0 atom stereocenters. The van der Waals surface area contributed by atoms with Crippen molar-refractivity contribution in [2.45, 2.75) is 11.3 Å². The number of rotatable bonds is 11. The summed E-state index contributed by atoms with van der Waals surface area (Å²) in [5.41, 5.74) is 4.59. The first-order chi connectivity index (χ1) is 17.4. The van der Waals surface area contributed by atoms with Gasteiger partial charge < -0.3 is 10.1 Å². The number of benzene rings is 2. The normalized spacial score (nSPS) is 14.5. The molecule has 0 aliphatic carbocycles. The molecule has 1 saturated heterocycles. The number of pyridine rings is 1. The Hall–Kier alpha value is -2.40. The minimum absolute atomic E-state index is 0.198. The number of hydrogen-bond donors (Lipinski definition) is 2. The minimum Gasteiger partial charge on any atom is -0.384 e. The molecule has 1 aliphatic rings. The van der Waals surface area contributed by atoms with Crippen LogP contribution in [0.25, 0.3) is 0 Å². The molecule has 0 unspecified atom stereocenters. The van der Waals surface area contributed by atoms with Gasteiger partial charge in [0.15, 0.2) is 5.82 Å². The SMILES string of the molecule is O=S(=O)(c1ccc(Cl)cc1CCN1CCOCC1)N(NCCNc1ccc(Cl)cc1)c1ccccn1. The third kappa shape index (κ3) is 7.09. The topological polar surface area (TPSA) is 86.8 Å². The summed E-state index contributed by atoms with van der Waals surface area (Å²) in [4.78, 5) is 6.75. The van der Waals surface area contributed by atoms with E-state index in [1.54, 1.807) is 54.7 Å². The molecule has 8 nitrogen and oxygen atoms in total. The van der Waals surface area contributed by atoms with Gasteiger partial charge in [0.1, 0.15) is 0 Å². The summed E-state index contributed by atoms with van der Waals surface area (Å²) in [6.07, 6.45) is 2.11. The van der Waals surface area contributed by atoms with Gasteiger partial charge >= 0.3 is 0 Å². The molecule has 2 aromatic carbocycles. The highest BCUT2D eigenvalue weighted by Crippen LogP contribution is 2.26. The molecule has 0 amide bonds. The molecule has 0 radical (unpaired) electrons. The van der Waals surface area contributed by atoms with E-state index < -0.39 is 10.0 Å². The monoisotopic (exact) mass is 549 g/mol. The third-order valence-electron chi connectivity index (χ3n) is 5.75.